The van der Waals surface area contributed by atoms with Gasteiger partial charge >= 0.3 is 0 Å². The number of allylic oxidation sites excluding steroid dienone is 1. The number of hydrogen-bond acceptors (Lipinski definition) is 3. The van der Waals surface area contributed by atoms with Crippen molar-refractivity contribution < 1.29 is 14.7 Å². The molecule has 0 aromatic heterocycles. The third kappa shape index (κ3) is 4.02. The van der Waals surface area contributed by atoms with E-state index in [2.05, 4.69) is 6.58 Å². The zero-order valence-corrected chi connectivity index (χ0v) is 10.8. The van der Waals surface area contributed by atoms with Gasteiger partial charge in [-0.2, -0.15) is 0 Å². The number of halogens is 2. The number of carbonyl (C=O) groups is 2. The van der Waals surface area contributed by atoms with E-state index in [1.807, 2.05) is 0 Å². The van der Waals surface area contributed by atoms with Gasteiger partial charge in [0, 0.05) is 12.0 Å². The molecule has 1 aromatic rings. The van der Waals surface area contributed by atoms with Crippen LogP contribution in [0.3, 0.4) is 0 Å². The first-order chi connectivity index (χ1) is 8.41. The van der Waals surface area contributed by atoms with Crippen molar-refractivity contribution in [2.45, 2.75) is 6.42 Å². The molecule has 0 heterocycles. The molecule has 0 spiro atoms. The van der Waals surface area contributed by atoms with Crippen molar-refractivity contribution in [3.63, 3.8) is 0 Å². The van der Waals surface area contributed by atoms with E-state index in [1.165, 1.54) is 18.2 Å². The zero-order chi connectivity index (χ0) is 13.7. The lowest BCUT2D eigenvalue weighted by Gasteiger charge is -2.07. The summed E-state index contributed by atoms with van der Waals surface area (Å²) < 4.78 is 0. The van der Waals surface area contributed by atoms with Crippen LogP contribution in [0.5, 0.6) is 0 Å². The molecule has 1 rings (SSSR count). The number of aliphatic hydroxyl groups is 1. The largest absolute Gasteiger partial charge is 0.509 e. The van der Waals surface area contributed by atoms with E-state index in [9.17, 15) is 9.59 Å². The Morgan fingerprint density at radius 2 is 2.00 bits per heavy atom. The Morgan fingerprint density at radius 1 is 1.33 bits per heavy atom. The van der Waals surface area contributed by atoms with Crippen molar-refractivity contribution in [2.24, 2.45) is 0 Å². The van der Waals surface area contributed by atoms with Gasteiger partial charge in [0.15, 0.2) is 0 Å². The van der Waals surface area contributed by atoms with Crippen LogP contribution in [0.15, 0.2) is 36.6 Å². The van der Waals surface area contributed by atoms with E-state index >= 15 is 0 Å². The second-order valence-corrected chi connectivity index (χ2v) is 4.27. The molecule has 0 aliphatic rings. The van der Waals surface area contributed by atoms with E-state index in [4.69, 9.17) is 28.3 Å². The Hall–Kier alpha value is -1.58. The number of aliphatic hydroxyl groups excluding tert-OH is 1. The van der Waals surface area contributed by atoms with Crippen LogP contribution < -0.4 is 0 Å². The van der Waals surface area contributed by atoms with Crippen LogP contribution in [0.2, 0.25) is 0 Å². The molecule has 18 heavy (non-hydrogen) atoms. The summed E-state index contributed by atoms with van der Waals surface area (Å²) in [5.41, 5.74) is 1.24. The fraction of sp³-hybridized carbons (Fsp3) is 0.0769. The Kier molecular flexibility index (Phi) is 5.13. The topological polar surface area (TPSA) is 54.4 Å². The van der Waals surface area contributed by atoms with E-state index < -0.39 is 10.5 Å². The van der Waals surface area contributed by atoms with Gasteiger partial charge in [-0.1, -0.05) is 24.8 Å². The van der Waals surface area contributed by atoms with Gasteiger partial charge in [-0.25, -0.2) is 0 Å². The monoisotopic (exact) mass is 284 g/mol. The van der Waals surface area contributed by atoms with Crippen LogP contribution in [-0.2, 0) is 11.2 Å². The summed E-state index contributed by atoms with van der Waals surface area (Å²) in [4.78, 5) is 22.2. The number of carbonyl (C=O) groups excluding carboxylic acids is 2. The second kappa shape index (κ2) is 6.38. The first-order valence-electron chi connectivity index (χ1n) is 4.98. The first-order valence-corrected chi connectivity index (χ1v) is 5.73. The molecule has 1 N–H and O–H groups in total. The molecule has 0 atom stereocenters. The SMILES string of the molecule is C=C(O)/C=C\c1c(CC(=O)Cl)cccc1C(=O)Cl. The molecule has 0 fully saturated rings. The lowest BCUT2D eigenvalue weighted by molar-refractivity contribution is -0.111. The van der Waals surface area contributed by atoms with Crippen molar-refractivity contribution in [1.29, 1.82) is 0 Å². The standard InChI is InChI=1S/C13H10Cl2O3/c1-8(16)5-6-10-9(7-12(14)17)3-2-4-11(10)13(15)18/h2-6,16H,1,7H2/b6-5-. The van der Waals surface area contributed by atoms with Crippen LogP contribution in [-0.4, -0.2) is 15.6 Å². The quantitative estimate of drug-likeness (QED) is 0.512. The highest BCUT2D eigenvalue weighted by atomic mass is 35.5. The number of benzene rings is 1. The van der Waals surface area contributed by atoms with E-state index in [0.717, 1.165) is 0 Å². The van der Waals surface area contributed by atoms with Gasteiger partial charge in [0.2, 0.25) is 5.24 Å². The zero-order valence-electron chi connectivity index (χ0n) is 9.32. The lowest BCUT2D eigenvalue weighted by Crippen LogP contribution is -2.02. The molecule has 0 bridgehead atoms. The molecule has 0 aliphatic heterocycles. The summed E-state index contributed by atoms with van der Waals surface area (Å²) in [7, 11) is 0. The molecule has 0 amide bonds. The van der Waals surface area contributed by atoms with Crippen molar-refractivity contribution in [3.8, 4) is 0 Å². The maximum atomic E-state index is 11.3. The summed E-state index contributed by atoms with van der Waals surface area (Å²) in [6.07, 6.45) is 2.74. The van der Waals surface area contributed by atoms with Gasteiger partial charge in [0.05, 0.1) is 0 Å². The van der Waals surface area contributed by atoms with Crippen LogP contribution >= 0.6 is 23.2 Å². The Balaban J connectivity index is 3.33. The van der Waals surface area contributed by atoms with Gasteiger partial charge in [0.1, 0.15) is 5.76 Å². The molecular weight excluding hydrogens is 275 g/mol. The number of hydrogen-bond donors (Lipinski definition) is 1. The van der Waals surface area contributed by atoms with Crippen LogP contribution in [0.4, 0.5) is 0 Å². The highest BCUT2D eigenvalue weighted by Crippen LogP contribution is 2.20. The molecule has 0 saturated carbocycles. The molecule has 0 radical (unpaired) electrons. The van der Waals surface area contributed by atoms with E-state index in [-0.39, 0.29) is 17.7 Å². The van der Waals surface area contributed by atoms with E-state index in [0.29, 0.717) is 11.1 Å². The van der Waals surface area contributed by atoms with Gasteiger partial charge in [0.25, 0.3) is 5.24 Å². The molecular formula is C13H10Cl2O3. The average Bonchev–Trinajstić information content (AvgIpc) is 2.25. The van der Waals surface area contributed by atoms with Crippen molar-refractivity contribution >= 4 is 39.8 Å². The molecule has 0 saturated heterocycles. The minimum Gasteiger partial charge on any atom is -0.509 e. The molecule has 1 aromatic carbocycles. The highest BCUT2D eigenvalue weighted by molar-refractivity contribution is 6.68. The van der Waals surface area contributed by atoms with Crippen molar-refractivity contribution in [2.75, 3.05) is 0 Å². The van der Waals surface area contributed by atoms with Crippen LogP contribution in [0.1, 0.15) is 21.5 Å². The summed E-state index contributed by atoms with van der Waals surface area (Å²) in [5, 5.41) is 7.82. The summed E-state index contributed by atoms with van der Waals surface area (Å²) in [5.74, 6) is -0.171. The third-order valence-electron chi connectivity index (χ3n) is 2.18. The average molecular weight is 285 g/mol. The van der Waals surface area contributed by atoms with Crippen LogP contribution in [0, 0.1) is 0 Å². The number of rotatable bonds is 5. The van der Waals surface area contributed by atoms with Crippen molar-refractivity contribution in [3.05, 3.63) is 53.3 Å². The molecule has 0 aliphatic carbocycles. The Bertz CT molecular complexity index is 533. The molecule has 3 nitrogen and oxygen atoms in total. The predicted molar refractivity (Wildman–Crippen MR) is 72.0 cm³/mol. The Morgan fingerprint density at radius 3 is 2.50 bits per heavy atom. The summed E-state index contributed by atoms with van der Waals surface area (Å²) in [6, 6.07) is 4.79. The van der Waals surface area contributed by atoms with Gasteiger partial charge < -0.3 is 5.11 Å². The minimum absolute atomic E-state index is 0.0306. The van der Waals surface area contributed by atoms with Crippen LogP contribution in [0.25, 0.3) is 6.08 Å². The smallest absolute Gasteiger partial charge is 0.253 e. The fourth-order valence-corrected chi connectivity index (χ4v) is 1.77. The normalized spacial score (nSPS) is 10.6. The first kappa shape index (κ1) is 14.5. The van der Waals surface area contributed by atoms with Gasteiger partial charge in [-0.15, -0.1) is 0 Å². The minimum atomic E-state index is -0.651. The second-order valence-electron chi connectivity index (χ2n) is 3.51. The lowest BCUT2D eigenvalue weighted by atomic mass is 9.99. The molecule has 5 heteroatoms. The fourth-order valence-electron chi connectivity index (χ4n) is 1.46. The predicted octanol–water partition coefficient (Wildman–Crippen LogP) is 3.46. The maximum Gasteiger partial charge on any atom is 0.253 e. The summed E-state index contributed by atoms with van der Waals surface area (Å²) in [6.45, 7) is 3.29. The molecule has 94 valence electrons. The summed E-state index contributed by atoms with van der Waals surface area (Å²) >= 11 is 10.8. The third-order valence-corrected chi connectivity index (χ3v) is 2.52. The van der Waals surface area contributed by atoms with Gasteiger partial charge in [-0.3, -0.25) is 9.59 Å². The highest BCUT2D eigenvalue weighted by Gasteiger charge is 2.12. The molecule has 0 unspecified atom stereocenters. The van der Waals surface area contributed by atoms with Gasteiger partial charge in [-0.05, 0) is 46.5 Å². The Labute approximate surface area is 114 Å². The maximum absolute atomic E-state index is 11.3. The van der Waals surface area contributed by atoms with E-state index in [1.54, 1.807) is 12.1 Å². The van der Waals surface area contributed by atoms with Crippen molar-refractivity contribution in [1.82, 2.24) is 0 Å².